The first-order valence-electron chi connectivity index (χ1n) is 7.19. The fraction of sp³-hybridized carbons (Fsp3) is 0.188. The van der Waals surface area contributed by atoms with Gasteiger partial charge in [0.1, 0.15) is 10.2 Å². The number of aromatic nitrogens is 2. The average Bonchev–Trinajstić information content (AvgIpc) is 3.08. The zero-order valence-corrected chi connectivity index (χ0v) is 15.1. The summed E-state index contributed by atoms with van der Waals surface area (Å²) >= 11 is 14.0. The van der Waals surface area contributed by atoms with E-state index in [-0.39, 0.29) is 11.9 Å². The summed E-state index contributed by atoms with van der Waals surface area (Å²) in [6.45, 7) is 0.364. The minimum absolute atomic E-state index is 0.143. The second-order valence-corrected chi connectivity index (χ2v) is 7.31. The molecule has 3 aromatic rings. The molecule has 1 aromatic carbocycles. The van der Waals surface area contributed by atoms with Crippen LogP contribution in [0, 0.1) is 5.82 Å². The first kappa shape index (κ1) is 17.2. The molecule has 0 aliphatic carbocycles. The molecule has 3 N–H and O–H groups in total. The predicted octanol–water partition coefficient (Wildman–Crippen LogP) is 4.71. The number of nitrogens with one attached hydrogen (secondary N) is 1. The van der Waals surface area contributed by atoms with Crippen LogP contribution in [0.1, 0.15) is 11.6 Å². The van der Waals surface area contributed by atoms with Gasteiger partial charge in [-0.25, -0.2) is 4.39 Å². The first-order valence-corrected chi connectivity index (χ1v) is 8.76. The van der Waals surface area contributed by atoms with Crippen LogP contribution < -0.4 is 11.1 Å². The molecule has 0 aliphatic heterocycles. The molecule has 0 saturated carbocycles. The Balaban J connectivity index is 1.88. The fourth-order valence-electron chi connectivity index (χ4n) is 2.46. The second-order valence-electron chi connectivity index (χ2n) is 5.25. The fourth-order valence-corrected chi connectivity index (χ4v) is 3.96. The summed E-state index contributed by atoms with van der Waals surface area (Å²) < 4.78 is 15.4. The number of halogens is 3. The van der Waals surface area contributed by atoms with Gasteiger partial charge in [0.25, 0.3) is 0 Å². The van der Waals surface area contributed by atoms with Gasteiger partial charge in [0.05, 0.1) is 28.0 Å². The SMILES string of the molecule is Cn1ncc(Cl)c1-c1cc(NC(CN)c2ccc(F)cc2)sc1Cl. The Morgan fingerprint density at radius 2 is 2.04 bits per heavy atom. The van der Waals surface area contributed by atoms with Crippen molar-refractivity contribution in [2.24, 2.45) is 12.8 Å². The maximum absolute atomic E-state index is 13.1. The number of anilines is 1. The molecule has 3 rings (SSSR count). The molecule has 4 nitrogen and oxygen atoms in total. The third-order valence-electron chi connectivity index (χ3n) is 3.66. The molecule has 24 heavy (non-hydrogen) atoms. The van der Waals surface area contributed by atoms with Crippen LogP contribution in [0.15, 0.2) is 36.5 Å². The van der Waals surface area contributed by atoms with Crippen molar-refractivity contribution in [1.29, 1.82) is 0 Å². The number of hydrogen-bond acceptors (Lipinski definition) is 4. The Kier molecular flexibility index (Phi) is 5.10. The van der Waals surface area contributed by atoms with Crippen molar-refractivity contribution < 1.29 is 4.39 Å². The molecule has 0 bridgehead atoms. The molecule has 0 amide bonds. The van der Waals surface area contributed by atoms with Crippen LogP contribution >= 0.6 is 34.5 Å². The van der Waals surface area contributed by atoms with E-state index >= 15 is 0 Å². The molecule has 1 atom stereocenters. The lowest BCUT2D eigenvalue weighted by atomic mass is 10.1. The molecule has 1 unspecified atom stereocenters. The number of nitrogens with zero attached hydrogens (tertiary/aromatic N) is 2. The van der Waals surface area contributed by atoms with E-state index in [4.69, 9.17) is 28.9 Å². The van der Waals surface area contributed by atoms with E-state index in [1.54, 1.807) is 23.0 Å². The van der Waals surface area contributed by atoms with Gasteiger partial charge in [-0.1, -0.05) is 35.3 Å². The monoisotopic (exact) mass is 384 g/mol. The predicted molar refractivity (Wildman–Crippen MR) is 98.4 cm³/mol. The Hall–Kier alpha value is -1.60. The van der Waals surface area contributed by atoms with Crippen LogP contribution in [0.5, 0.6) is 0 Å². The summed E-state index contributed by atoms with van der Waals surface area (Å²) in [6, 6.07) is 8.04. The van der Waals surface area contributed by atoms with E-state index in [9.17, 15) is 4.39 Å². The molecule has 126 valence electrons. The molecule has 0 aliphatic rings. The van der Waals surface area contributed by atoms with E-state index in [1.165, 1.54) is 23.5 Å². The molecule has 2 heterocycles. The highest BCUT2D eigenvalue weighted by molar-refractivity contribution is 7.20. The van der Waals surface area contributed by atoms with Crippen molar-refractivity contribution in [2.45, 2.75) is 6.04 Å². The summed E-state index contributed by atoms with van der Waals surface area (Å²) in [6.07, 6.45) is 1.58. The zero-order valence-electron chi connectivity index (χ0n) is 12.8. The maximum Gasteiger partial charge on any atom is 0.123 e. The number of hydrogen-bond donors (Lipinski definition) is 2. The Labute approximate surface area is 153 Å². The molecule has 0 spiro atoms. The zero-order chi connectivity index (χ0) is 17.3. The average molecular weight is 385 g/mol. The molecule has 0 fully saturated rings. The summed E-state index contributed by atoms with van der Waals surface area (Å²) in [4.78, 5) is 0. The lowest BCUT2D eigenvalue weighted by Crippen LogP contribution is -2.20. The van der Waals surface area contributed by atoms with Crippen molar-refractivity contribution in [3.8, 4) is 11.3 Å². The van der Waals surface area contributed by atoms with Gasteiger partial charge in [0.2, 0.25) is 0 Å². The van der Waals surface area contributed by atoms with E-state index in [2.05, 4.69) is 10.4 Å². The third-order valence-corrected chi connectivity index (χ3v) is 5.23. The Morgan fingerprint density at radius 1 is 1.33 bits per heavy atom. The Bertz CT molecular complexity index is 825. The molecular weight excluding hydrogens is 370 g/mol. The van der Waals surface area contributed by atoms with E-state index in [1.807, 2.05) is 13.1 Å². The summed E-state index contributed by atoms with van der Waals surface area (Å²) in [5.74, 6) is -0.276. The van der Waals surface area contributed by atoms with Crippen LogP contribution in [0.4, 0.5) is 9.39 Å². The van der Waals surface area contributed by atoms with E-state index in [0.29, 0.717) is 15.9 Å². The minimum Gasteiger partial charge on any atom is -0.369 e. The number of rotatable bonds is 5. The number of thiophene rings is 1. The van der Waals surface area contributed by atoms with Crippen molar-refractivity contribution in [2.75, 3.05) is 11.9 Å². The lowest BCUT2D eigenvalue weighted by molar-refractivity contribution is 0.626. The van der Waals surface area contributed by atoms with Gasteiger partial charge in [-0.2, -0.15) is 5.10 Å². The standard InChI is InChI=1S/C16H15Cl2FN4S/c1-23-15(12(17)8-21-23)11-6-14(24-16(11)18)22-13(7-20)9-2-4-10(19)5-3-9/h2-6,8,13,22H,7,20H2,1H3. The van der Waals surface area contributed by atoms with Crippen molar-refractivity contribution in [3.63, 3.8) is 0 Å². The number of benzene rings is 1. The van der Waals surface area contributed by atoms with E-state index < -0.39 is 0 Å². The van der Waals surface area contributed by atoms with Crippen molar-refractivity contribution >= 4 is 39.5 Å². The quantitative estimate of drug-likeness (QED) is 0.669. The lowest BCUT2D eigenvalue weighted by Gasteiger charge is -2.17. The van der Waals surface area contributed by atoms with Gasteiger partial charge < -0.3 is 11.1 Å². The van der Waals surface area contributed by atoms with Gasteiger partial charge in [0.15, 0.2) is 0 Å². The normalized spacial score (nSPS) is 12.4. The van der Waals surface area contributed by atoms with Gasteiger partial charge >= 0.3 is 0 Å². The smallest absolute Gasteiger partial charge is 0.123 e. The molecular formula is C16H15Cl2FN4S. The van der Waals surface area contributed by atoms with Crippen LogP contribution in [0.25, 0.3) is 11.3 Å². The number of nitrogens with two attached hydrogens (primary N) is 1. The van der Waals surface area contributed by atoms with Crippen LogP contribution in [-0.2, 0) is 7.05 Å². The van der Waals surface area contributed by atoms with Gasteiger partial charge in [-0.3, -0.25) is 4.68 Å². The van der Waals surface area contributed by atoms with Crippen molar-refractivity contribution in [1.82, 2.24) is 9.78 Å². The van der Waals surface area contributed by atoms with Gasteiger partial charge in [0, 0.05) is 19.2 Å². The molecule has 8 heteroatoms. The summed E-state index contributed by atoms with van der Waals surface area (Å²) in [7, 11) is 1.81. The largest absolute Gasteiger partial charge is 0.369 e. The van der Waals surface area contributed by atoms with Crippen LogP contribution in [-0.4, -0.2) is 16.3 Å². The van der Waals surface area contributed by atoms with Crippen molar-refractivity contribution in [3.05, 3.63) is 57.3 Å². The van der Waals surface area contributed by atoms with Crippen LogP contribution in [0.2, 0.25) is 9.36 Å². The highest BCUT2D eigenvalue weighted by atomic mass is 35.5. The topological polar surface area (TPSA) is 55.9 Å². The summed E-state index contributed by atoms with van der Waals surface area (Å²) in [5.41, 5.74) is 8.34. The second kappa shape index (κ2) is 7.11. The van der Waals surface area contributed by atoms with Gasteiger partial charge in [-0.15, -0.1) is 11.3 Å². The molecule has 2 aromatic heterocycles. The highest BCUT2D eigenvalue weighted by Gasteiger charge is 2.18. The highest BCUT2D eigenvalue weighted by Crippen LogP contribution is 2.41. The number of aryl methyl sites for hydroxylation is 1. The first-order chi connectivity index (χ1) is 11.5. The van der Waals surface area contributed by atoms with Crippen LogP contribution in [0.3, 0.4) is 0 Å². The van der Waals surface area contributed by atoms with Gasteiger partial charge in [-0.05, 0) is 23.8 Å². The minimum atomic E-state index is -0.276. The summed E-state index contributed by atoms with van der Waals surface area (Å²) in [5, 5.41) is 8.86. The van der Waals surface area contributed by atoms with E-state index in [0.717, 1.165) is 21.8 Å². The molecule has 0 saturated heterocycles. The molecule has 0 radical (unpaired) electrons. The maximum atomic E-state index is 13.1. The Morgan fingerprint density at radius 3 is 2.62 bits per heavy atom. The third kappa shape index (κ3) is 3.42.